The lowest BCUT2D eigenvalue weighted by Gasteiger charge is -2.29. The molecule has 1 aliphatic rings. The number of ether oxygens (including phenoxy) is 1. The summed E-state index contributed by atoms with van der Waals surface area (Å²) < 4.78 is 5.96. The van der Waals surface area contributed by atoms with E-state index in [1.807, 2.05) is 6.92 Å². The van der Waals surface area contributed by atoms with Crippen molar-refractivity contribution in [1.29, 1.82) is 0 Å². The number of nitrogens with one attached hydrogen (secondary N) is 1. The monoisotopic (exact) mass is 291 g/mol. The second-order valence-corrected chi connectivity index (χ2v) is 6.84. The predicted octanol–water partition coefficient (Wildman–Crippen LogP) is 3.91. The van der Waals surface area contributed by atoms with Gasteiger partial charge in [0.25, 0.3) is 0 Å². The summed E-state index contributed by atoms with van der Waals surface area (Å²) in [6, 6.07) is 0. The Balaban J connectivity index is 2.38. The Morgan fingerprint density at radius 1 is 1.19 bits per heavy atom. The van der Waals surface area contributed by atoms with Crippen molar-refractivity contribution in [3.8, 4) is 0 Å². The molecule has 2 rings (SSSR count). The molecule has 0 radical (unpaired) electrons. The molecule has 0 spiro atoms. The van der Waals surface area contributed by atoms with Crippen molar-refractivity contribution in [2.24, 2.45) is 5.41 Å². The molecule has 1 aliphatic carbocycles. The van der Waals surface area contributed by atoms with Crippen LogP contribution >= 0.6 is 0 Å². The molecule has 1 unspecified atom stereocenters. The van der Waals surface area contributed by atoms with E-state index in [-0.39, 0.29) is 11.5 Å². The van der Waals surface area contributed by atoms with E-state index in [4.69, 9.17) is 14.7 Å². The minimum absolute atomic E-state index is 0.00905. The lowest BCUT2D eigenvalue weighted by atomic mass is 9.88. The molecule has 1 heterocycles. The van der Waals surface area contributed by atoms with Gasteiger partial charge in [-0.15, -0.1) is 0 Å². The largest absolute Gasteiger partial charge is 0.370 e. The van der Waals surface area contributed by atoms with Crippen LogP contribution in [-0.2, 0) is 17.6 Å². The van der Waals surface area contributed by atoms with Crippen molar-refractivity contribution in [3.63, 3.8) is 0 Å². The van der Waals surface area contributed by atoms with Crippen LogP contribution in [0.1, 0.15) is 70.6 Å². The van der Waals surface area contributed by atoms with Crippen LogP contribution in [0.3, 0.4) is 0 Å². The molecule has 1 aromatic heterocycles. The summed E-state index contributed by atoms with van der Waals surface area (Å²) in [5, 5.41) is 3.48. The van der Waals surface area contributed by atoms with Crippen LogP contribution in [0.5, 0.6) is 0 Å². The van der Waals surface area contributed by atoms with Crippen molar-refractivity contribution in [3.05, 3.63) is 17.1 Å². The SMILES string of the molecule is CCCNc1nc(C(OCC)C(C)(C)C)nc2c1CCC2. The molecule has 4 nitrogen and oxygen atoms in total. The molecular weight excluding hydrogens is 262 g/mol. The summed E-state index contributed by atoms with van der Waals surface area (Å²) in [6.07, 6.45) is 4.38. The third-order valence-electron chi connectivity index (χ3n) is 3.85. The predicted molar refractivity (Wildman–Crippen MR) is 86.7 cm³/mol. The fourth-order valence-corrected chi connectivity index (χ4v) is 2.84. The maximum absolute atomic E-state index is 5.96. The topological polar surface area (TPSA) is 47.0 Å². The third-order valence-corrected chi connectivity index (χ3v) is 3.85. The van der Waals surface area contributed by atoms with Gasteiger partial charge < -0.3 is 10.1 Å². The third kappa shape index (κ3) is 3.73. The summed E-state index contributed by atoms with van der Waals surface area (Å²) in [5.74, 6) is 1.87. The molecule has 21 heavy (non-hydrogen) atoms. The first-order valence-corrected chi connectivity index (χ1v) is 8.22. The normalized spacial score (nSPS) is 15.9. The van der Waals surface area contributed by atoms with Gasteiger partial charge >= 0.3 is 0 Å². The van der Waals surface area contributed by atoms with E-state index in [1.165, 1.54) is 17.7 Å². The van der Waals surface area contributed by atoms with E-state index in [2.05, 4.69) is 33.0 Å². The molecule has 0 aliphatic heterocycles. The molecule has 1 N–H and O–H groups in total. The van der Waals surface area contributed by atoms with Crippen LogP contribution in [0.15, 0.2) is 0 Å². The molecule has 1 atom stereocenters. The van der Waals surface area contributed by atoms with E-state index < -0.39 is 0 Å². The van der Waals surface area contributed by atoms with Gasteiger partial charge in [-0.05, 0) is 38.0 Å². The molecule has 0 saturated carbocycles. The van der Waals surface area contributed by atoms with Crippen molar-refractivity contribution >= 4 is 5.82 Å². The highest BCUT2D eigenvalue weighted by Crippen LogP contribution is 2.36. The highest BCUT2D eigenvalue weighted by molar-refractivity contribution is 5.49. The van der Waals surface area contributed by atoms with Crippen molar-refractivity contribution in [1.82, 2.24) is 9.97 Å². The summed E-state index contributed by atoms with van der Waals surface area (Å²) in [7, 11) is 0. The first kappa shape index (κ1) is 16.2. The van der Waals surface area contributed by atoms with Crippen LogP contribution in [0.25, 0.3) is 0 Å². The molecule has 0 aromatic carbocycles. The van der Waals surface area contributed by atoms with Crippen LogP contribution in [0, 0.1) is 5.41 Å². The number of hydrogen-bond acceptors (Lipinski definition) is 4. The zero-order chi connectivity index (χ0) is 15.5. The van der Waals surface area contributed by atoms with Crippen LogP contribution in [0.4, 0.5) is 5.82 Å². The lowest BCUT2D eigenvalue weighted by molar-refractivity contribution is -0.0191. The molecule has 0 amide bonds. The minimum atomic E-state index is -0.0597. The van der Waals surface area contributed by atoms with E-state index >= 15 is 0 Å². The number of aromatic nitrogens is 2. The smallest absolute Gasteiger partial charge is 0.160 e. The molecule has 0 saturated heterocycles. The summed E-state index contributed by atoms with van der Waals surface area (Å²) in [4.78, 5) is 9.65. The van der Waals surface area contributed by atoms with Crippen molar-refractivity contribution in [2.45, 2.75) is 66.4 Å². The number of nitrogens with zero attached hydrogens (tertiary/aromatic N) is 2. The van der Waals surface area contributed by atoms with Gasteiger partial charge in [0, 0.05) is 24.4 Å². The average molecular weight is 291 g/mol. The Labute approximate surface area is 128 Å². The Morgan fingerprint density at radius 3 is 2.57 bits per heavy atom. The number of rotatable bonds is 6. The first-order chi connectivity index (χ1) is 9.97. The van der Waals surface area contributed by atoms with Gasteiger partial charge in [0.05, 0.1) is 0 Å². The Hall–Kier alpha value is -1.16. The second-order valence-electron chi connectivity index (χ2n) is 6.84. The number of fused-ring (bicyclic) bond motifs is 1. The van der Waals surface area contributed by atoms with E-state index in [0.717, 1.165) is 37.4 Å². The van der Waals surface area contributed by atoms with E-state index in [9.17, 15) is 0 Å². The van der Waals surface area contributed by atoms with Crippen LogP contribution < -0.4 is 5.32 Å². The Morgan fingerprint density at radius 2 is 1.95 bits per heavy atom. The molecular formula is C17H29N3O. The Bertz CT molecular complexity index is 480. The van der Waals surface area contributed by atoms with Gasteiger partial charge in [-0.1, -0.05) is 27.7 Å². The van der Waals surface area contributed by atoms with Gasteiger partial charge in [0.1, 0.15) is 11.9 Å². The van der Waals surface area contributed by atoms with Gasteiger partial charge in [-0.3, -0.25) is 0 Å². The summed E-state index contributed by atoms with van der Waals surface area (Å²) in [6.45, 7) is 12.4. The number of hydrogen-bond donors (Lipinski definition) is 1. The Kier molecular flexibility index (Phi) is 5.20. The van der Waals surface area contributed by atoms with Crippen molar-refractivity contribution < 1.29 is 4.74 Å². The summed E-state index contributed by atoms with van der Waals surface area (Å²) >= 11 is 0. The second kappa shape index (κ2) is 6.73. The lowest BCUT2D eigenvalue weighted by Crippen LogP contribution is -2.25. The van der Waals surface area contributed by atoms with Gasteiger partial charge in [-0.2, -0.15) is 0 Å². The van der Waals surface area contributed by atoms with Crippen LogP contribution in [-0.4, -0.2) is 23.1 Å². The number of anilines is 1. The number of aryl methyl sites for hydroxylation is 1. The minimum Gasteiger partial charge on any atom is -0.370 e. The van der Waals surface area contributed by atoms with Gasteiger partial charge in [0.15, 0.2) is 5.82 Å². The zero-order valence-electron chi connectivity index (χ0n) is 14.1. The van der Waals surface area contributed by atoms with E-state index in [1.54, 1.807) is 0 Å². The fourth-order valence-electron chi connectivity index (χ4n) is 2.84. The van der Waals surface area contributed by atoms with E-state index in [0.29, 0.717) is 6.61 Å². The average Bonchev–Trinajstić information content (AvgIpc) is 2.89. The van der Waals surface area contributed by atoms with Gasteiger partial charge in [0.2, 0.25) is 0 Å². The first-order valence-electron chi connectivity index (χ1n) is 8.22. The molecule has 0 fully saturated rings. The highest BCUT2D eigenvalue weighted by Gasteiger charge is 2.31. The fraction of sp³-hybridized carbons (Fsp3) is 0.765. The molecule has 118 valence electrons. The quantitative estimate of drug-likeness (QED) is 0.863. The molecule has 0 bridgehead atoms. The van der Waals surface area contributed by atoms with Crippen molar-refractivity contribution in [2.75, 3.05) is 18.5 Å². The molecule has 1 aromatic rings. The maximum atomic E-state index is 5.96. The van der Waals surface area contributed by atoms with Crippen LogP contribution in [0.2, 0.25) is 0 Å². The highest BCUT2D eigenvalue weighted by atomic mass is 16.5. The maximum Gasteiger partial charge on any atom is 0.160 e. The van der Waals surface area contributed by atoms with Gasteiger partial charge in [-0.25, -0.2) is 9.97 Å². The standard InChI is InChI=1S/C17H29N3O/c1-6-11-18-15-12-9-8-10-13(12)19-16(20-15)14(21-7-2)17(3,4)5/h14H,6-11H2,1-5H3,(H,18,19,20). The zero-order valence-corrected chi connectivity index (χ0v) is 14.1. The summed E-state index contributed by atoms with van der Waals surface area (Å²) in [5.41, 5.74) is 2.52. The molecule has 4 heteroatoms.